The SMILES string of the molecule is CC1O[C@@H](O[C@@H]2C(C)[C@H](O[C@@H]3C(O)[C@H](C(C)(C)C)OC(CO)[C@@H]3O)OC(CO)[C@H]2O[C@@H]2OC(CO)[C@H](O)[C@H](O)C2O[C@H]2OC(C)[C@@H](O)[C@H](O)C2O)[C@H](O)C(O)[C@@H]1O. The molecule has 5 fully saturated rings. The molecule has 25 atom stereocenters. The van der Waals surface area contributed by atoms with Crippen molar-refractivity contribution in [3.05, 3.63) is 0 Å². The maximum Gasteiger partial charge on any atom is 0.187 e. The van der Waals surface area contributed by atoms with E-state index >= 15 is 0 Å². The molecule has 0 spiro atoms. The van der Waals surface area contributed by atoms with Crippen molar-refractivity contribution >= 4 is 0 Å². The summed E-state index contributed by atoms with van der Waals surface area (Å²) in [4.78, 5) is 0. The zero-order valence-corrected chi connectivity index (χ0v) is 32.5. The molecule has 57 heavy (non-hydrogen) atoms. The van der Waals surface area contributed by atoms with Gasteiger partial charge in [0.15, 0.2) is 25.2 Å². The lowest BCUT2D eigenvalue weighted by Gasteiger charge is -2.52. The molecule has 0 aromatic rings. The van der Waals surface area contributed by atoms with E-state index in [2.05, 4.69) is 0 Å². The average Bonchev–Trinajstić information content (AvgIpc) is 3.16. The second-order valence-electron chi connectivity index (χ2n) is 16.7. The van der Waals surface area contributed by atoms with Gasteiger partial charge in [0.2, 0.25) is 0 Å². The summed E-state index contributed by atoms with van der Waals surface area (Å²) in [6.07, 6.45) is -37.2. The third-order valence-corrected chi connectivity index (χ3v) is 11.5. The van der Waals surface area contributed by atoms with E-state index in [0.29, 0.717) is 0 Å². The lowest BCUT2D eigenvalue weighted by Crippen LogP contribution is -2.68. The normalized spacial score (nSPS) is 52.8. The monoisotopic (exact) mass is 834 g/mol. The summed E-state index contributed by atoms with van der Waals surface area (Å²) in [5.74, 6) is -1.08. The van der Waals surface area contributed by atoms with Crippen LogP contribution >= 0.6 is 0 Å². The van der Waals surface area contributed by atoms with Crippen LogP contribution in [0.15, 0.2) is 0 Å². The van der Waals surface area contributed by atoms with Crippen LogP contribution in [0.2, 0.25) is 0 Å². The van der Waals surface area contributed by atoms with Crippen LogP contribution in [0.5, 0.6) is 0 Å². The Labute approximate surface area is 328 Å². The molecular formula is C35H62O22. The first kappa shape index (κ1) is 47.2. The van der Waals surface area contributed by atoms with Gasteiger partial charge in [-0.25, -0.2) is 0 Å². The number of hydrogen-bond acceptors (Lipinski definition) is 22. The fourth-order valence-corrected chi connectivity index (χ4v) is 7.85. The van der Waals surface area contributed by atoms with E-state index in [1.54, 1.807) is 20.8 Å². The van der Waals surface area contributed by atoms with Crippen LogP contribution in [0.3, 0.4) is 0 Å². The van der Waals surface area contributed by atoms with E-state index in [-0.39, 0.29) is 0 Å². The zero-order chi connectivity index (χ0) is 42.4. The molecule has 22 nitrogen and oxygen atoms in total. The van der Waals surface area contributed by atoms with Gasteiger partial charge in [0, 0.05) is 5.92 Å². The Morgan fingerprint density at radius 2 is 0.825 bits per heavy atom. The molecule has 5 aliphatic rings. The third-order valence-electron chi connectivity index (χ3n) is 11.5. The van der Waals surface area contributed by atoms with Crippen molar-refractivity contribution in [2.24, 2.45) is 11.3 Å². The summed E-state index contributed by atoms with van der Waals surface area (Å²) < 4.78 is 53.7. The minimum Gasteiger partial charge on any atom is -0.394 e. The molecule has 5 saturated heterocycles. The summed E-state index contributed by atoms with van der Waals surface area (Å²) >= 11 is 0. The maximum atomic E-state index is 11.4. The maximum absolute atomic E-state index is 11.4. The minimum absolute atomic E-state index is 0.632. The van der Waals surface area contributed by atoms with Crippen LogP contribution in [0, 0.1) is 11.3 Å². The summed E-state index contributed by atoms with van der Waals surface area (Å²) in [7, 11) is 0. The number of hydrogen-bond donors (Lipinski definition) is 13. The number of aliphatic hydroxyl groups is 13. The van der Waals surface area contributed by atoms with Crippen LogP contribution in [0.25, 0.3) is 0 Å². The second kappa shape index (κ2) is 19.0. The molecule has 22 heteroatoms. The van der Waals surface area contributed by atoms with Gasteiger partial charge in [0.25, 0.3) is 0 Å². The fourth-order valence-electron chi connectivity index (χ4n) is 7.85. The van der Waals surface area contributed by atoms with Crippen molar-refractivity contribution in [1.82, 2.24) is 0 Å². The highest BCUT2D eigenvalue weighted by atomic mass is 16.8. The topological polar surface area (TPSA) is 346 Å². The third kappa shape index (κ3) is 9.62. The Bertz CT molecular complexity index is 1260. The Hall–Kier alpha value is -0.880. The molecule has 0 saturated carbocycles. The first-order valence-corrected chi connectivity index (χ1v) is 19.2. The Kier molecular flexibility index (Phi) is 15.7. The highest BCUT2D eigenvalue weighted by Crippen LogP contribution is 2.40. The Balaban J connectivity index is 1.49. The molecule has 5 heterocycles. The van der Waals surface area contributed by atoms with Gasteiger partial charge >= 0.3 is 0 Å². The van der Waals surface area contributed by atoms with E-state index < -0.39 is 178 Å². The molecule has 0 bridgehead atoms. The van der Waals surface area contributed by atoms with Gasteiger partial charge in [-0.1, -0.05) is 27.7 Å². The highest BCUT2D eigenvalue weighted by Gasteiger charge is 2.57. The summed E-state index contributed by atoms with van der Waals surface area (Å²) in [6.45, 7) is 7.29. The van der Waals surface area contributed by atoms with Crippen molar-refractivity contribution in [1.29, 1.82) is 0 Å². The van der Waals surface area contributed by atoms with E-state index in [1.165, 1.54) is 20.8 Å². The summed E-state index contributed by atoms with van der Waals surface area (Å²) in [6, 6.07) is 0. The van der Waals surface area contributed by atoms with Crippen LogP contribution in [0.1, 0.15) is 41.5 Å². The summed E-state index contributed by atoms with van der Waals surface area (Å²) in [5.41, 5.74) is -0.708. The van der Waals surface area contributed by atoms with Crippen molar-refractivity contribution < 1.29 is 109 Å². The molecule has 0 radical (unpaired) electrons. The van der Waals surface area contributed by atoms with Gasteiger partial charge in [-0.3, -0.25) is 0 Å². The van der Waals surface area contributed by atoms with Crippen molar-refractivity contribution in [2.45, 2.75) is 189 Å². The standard InChI is InChI=1S/C35H62O22/c1-10-26(54-32-23(46)20(43)16(39)11(2)49-32)27(15(9-38)53-31(10)56-28-19(42)14(8-37)51-30(25(28)48)35(4,5)6)55-34-29(22(45)18(41)13(7-36)52-34)57-33-24(47)21(44)17(40)12(3)50-33/h10-34,36-48H,7-9H2,1-6H3/t10?,11?,12?,13?,14?,15?,16-,17-,18+,19+,20?,21+,22+,23-,24?,25?,26-,27-,28+,29?,30-,31+,32+,33-,34+/m1/s1. The predicted molar refractivity (Wildman–Crippen MR) is 184 cm³/mol. The van der Waals surface area contributed by atoms with Gasteiger partial charge in [0.05, 0.1) is 44.2 Å². The number of aliphatic hydroxyl groups excluding tert-OH is 13. The van der Waals surface area contributed by atoms with E-state index in [0.717, 1.165) is 0 Å². The Morgan fingerprint density at radius 1 is 0.386 bits per heavy atom. The van der Waals surface area contributed by atoms with Crippen LogP contribution in [-0.4, -0.2) is 233 Å². The lowest BCUT2D eigenvalue weighted by molar-refractivity contribution is -0.401. The van der Waals surface area contributed by atoms with Crippen molar-refractivity contribution in [3.8, 4) is 0 Å². The lowest BCUT2D eigenvalue weighted by atomic mass is 9.80. The largest absolute Gasteiger partial charge is 0.394 e. The van der Waals surface area contributed by atoms with E-state index in [9.17, 15) is 66.4 Å². The summed E-state index contributed by atoms with van der Waals surface area (Å²) in [5, 5.41) is 139. The van der Waals surface area contributed by atoms with Gasteiger partial charge in [0.1, 0.15) is 97.7 Å². The number of ether oxygens (including phenoxy) is 9. The number of rotatable bonds is 11. The van der Waals surface area contributed by atoms with Crippen LogP contribution in [0.4, 0.5) is 0 Å². The van der Waals surface area contributed by atoms with Gasteiger partial charge in [-0.15, -0.1) is 0 Å². The molecule has 0 aromatic heterocycles. The molecule has 0 aromatic carbocycles. The molecular weight excluding hydrogens is 772 g/mol. The molecule has 13 N–H and O–H groups in total. The molecule has 5 aliphatic heterocycles. The van der Waals surface area contributed by atoms with Crippen molar-refractivity contribution in [2.75, 3.05) is 19.8 Å². The Morgan fingerprint density at radius 3 is 1.32 bits per heavy atom. The molecule has 334 valence electrons. The van der Waals surface area contributed by atoms with Crippen molar-refractivity contribution in [3.63, 3.8) is 0 Å². The first-order chi connectivity index (χ1) is 26.7. The average molecular weight is 835 g/mol. The highest BCUT2D eigenvalue weighted by molar-refractivity contribution is 5.00. The van der Waals surface area contributed by atoms with Crippen LogP contribution in [-0.2, 0) is 42.6 Å². The molecule has 5 rings (SSSR count). The molecule has 0 amide bonds. The predicted octanol–water partition coefficient (Wildman–Crippen LogP) is -6.50. The van der Waals surface area contributed by atoms with E-state index in [1.807, 2.05) is 0 Å². The van der Waals surface area contributed by atoms with Gasteiger partial charge < -0.3 is 109 Å². The zero-order valence-electron chi connectivity index (χ0n) is 32.5. The molecule has 0 aliphatic carbocycles. The van der Waals surface area contributed by atoms with Gasteiger partial charge in [-0.2, -0.15) is 0 Å². The van der Waals surface area contributed by atoms with E-state index in [4.69, 9.17) is 42.6 Å². The second-order valence-corrected chi connectivity index (χ2v) is 16.7. The first-order valence-electron chi connectivity index (χ1n) is 19.2. The van der Waals surface area contributed by atoms with Crippen LogP contribution < -0.4 is 0 Å². The fraction of sp³-hybridized carbons (Fsp3) is 1.00. The molecule has 10 unspecified atom stereocenters. The van der Waals surface area contributed by atoms with Gasteiger partial charge in [-0.05, 0) is 19.3 Å². The quantitative estimate of drug-likeness (QED) is 0.0920. The smallest absolute Gasteiger partial charge is 0.187 e. The minimum atomic E-state index is -1.92.